The summed E-state index contributed by atoms with van der Waals surface area (Å²) < 4.78 is 0. The van der Waals surface area contributed by atoms with E-state index in [-0.39, 0.29) is 0 Å². The van der Waals surface area contributed by atoms with E-state index >= 15 is 0 Å². The van der Waals surface area contributed by atoms with Crippen LogP contribution in [-0.4, -0.2) is 0 Å². The smallest absolute Gasteiger partial charge is 0.0563 e. The molecule has 4 aromatic rings. The average Bonchev–Trinajstić information content (AvgIpc) is 2.77. The van der Waals surface area contributed by atoms with E-state index in [1.54, 1.807) is 11.8 Å². The van der Waals surface area contributed by atoms with Gasteiger partial charge in [-0.3, -0.25) is 0 Å². The van der Waals surface area contributed by atoms with Crippen LogP contribution in [0, 0.1) is 0 Å². The maximum atomic E-state index is 6.99. The first-order chi connectivity index (χ1) is 13.8. The molecule has 0 spiro atoms. The summed E-state index contributed by atoms with van der Waals surface area (Å²) >= 11 is 8.74. The number of hydrogen-bond donors (Lipinski definition) is 0. The summed E-state index contributed by atoms with van der Waals surface area (Å²) in [6.45, 7) is 0. The summed E-state index contributed by atoms with van der Waals surface area (Å²) in [5.41, 5.74) is 4.31. The molecule has 28 heavy (non-hydrogen) atoms. The predicted octanol–water partition coefficient (Wildman–Crippen LogP) is 7.99. The molecular formula is C26H19ClS. The molecule has 0 saturated heterocycles. The second kappa shape index (κ2) is 8.97. The highest BCUT2D eigenvalue weighted by Gasteiger charge is 2.16. The predicted molar refractivity (Wildman–Crippen MR) is 122 cm³/mol. The Kier molecular flexibility index (Phi) is 5.96. The van der Waals surface area contributed by atoms with Crippen LogP contribution in [0.25, 0.3) is 10.6 Å². The van der Waals surface area contributed by atoms with Crippen LogP contribution in [0.2, 0.25) is 0 Å². The molecule has 0 saturated carbocycles. The van der Waals surface area contributed by atoms with Gasteiger partial charge in [0.25, 0.3) is 0 Å². The quantitative estimate of drug-likeness (QED) is 0.307. The fourth-order valence-electron chi connectivity index (χ4n) is 3.11. The van der Waals surface area contributed by atoms with Crippen molar-refractivity contribution in [1.82, 2.24) is 0 Å². The van der Waals surface area contributed by atoms with Gasteiger partial charge in [-0.15, -0.1) is 0 Å². The Morgan fingerprint density at radius 2 is 1.04 bits per heavy atom. The molecule has 0 unspecified atom stereocenters. The normalized spacial score (nSPS) is 11.8. The number of halogens is 1. The lowest BCUT2D eigenvalue weighted by Crippen LogP contribution is -1.94. The van der Waals surface area contributed by atoms with Crippen LogP contribution in [-0.2, 0) is 0 Å². The highest BCUT2D eigenvalue weighted by atomic mass is 35.5. The first-order valence-electron chi connectivity index (χ1n) is 9.16. The third-order valence-electron chi connectivity index (χ3n) is 4.44. The first-order valence-corrected chi connectivity index (χ1v) is 10.4. The van der Waals surface area contributed by atoms with Crippen molar-refractivity contribution in [2.45, 2.75) is 9.79 Å². The van der Waals surface area contributed by atoms with E-state index in [0.29, 0.717) is 0 Å². The van der Waals surface area contributed by atoms with Crippen molar-refractivity contribution in [2.24, 2.45) is 0 Å². The Morgan fingerprint density at radius 1 is 0.536 bits per heavy atom. The van der Waals surface area contributed by atoms with Crippen LogP contribution >= 0.6 is 23.4 Å². The Labute approximate surface area is 175 Å². The third-order valence-corrected chi connectivity index (χ3v) is 5.93. The molecule has 0 fully saturated rings. The first kappa shape index (κ1) is 18.6. The molecule has 0 nitrogen and oxygen atoms in total. The SMILES string of the molecule is Cl/C(=C(/c1ccccc1)c1ccccc1Sc1ccccc1)c1ccccc1. The van der Waals surface area contributed by atoms with Crippen molar-refractivity contribution >= 4 is 34.0 Å². The van der Waals surface area contributed by atoms with Gasteiger partial charge in [-0.2, -0.15) is 0 Å². The maximum Gasteiger partial charge on any atom is 0.0563 e. The van der Waals surface area contributed by atoms with E-state index in [4.69, 9.17) is 11.6 Å². The molecule has 0 aliphatic rings. The summed E-state index contributed by atoms with van der Waals surface area (Å²) in [6.07, 6.45) is 0. The maximum absolute atomic E-state index is 6.99. The number of rotatable bonds is 5. The molecule has 136 valence electrons. The summed E-state index contributed by atoms with van der Waals surface area (Å²) in [4.78, 5) is 2.39. The van der Waals surface area contributed by atoms with Gasteiger partial charge in [-0.05, 0) is 34.9 Å². The number of hydrogen-bond acceptors (Lipinski definition) is 1. The Hall–Kier alpha value is -2.74. The Balaban J connectivity index is 1.89. The largest absolute Gasteiger partial charge is 0.0894 e. The summed E-state index contributed by atoms with van der Waals surface area (Å²) in [5.74, 6) is 0. The lowest BCUT2D eigenvalue weighted by atomic mass is 9.95. The van der Waals surface area contributed by atoms with E-state index in [2.05, 4.69) is 84.9 Å². The lowest BCUT2D eigenvalue weighted by molar-refractivity contribution is 1.36. The topological polar surface area (TPSA) is 0 Å². The van der Waals surface area contributed by atoms with Gasteiger partial charge in [0, 0.05) is 15.4 Å². The highest BCUT2D eigenvalue weighted by Crippen LogP contribution is 2.40. The van der Waals surface area contributed by atoms with Gasteiger partial charge in [-0.1, -0.05) is 120 Å². The molecular weight excluding hydrogens is 380 g/mol. The average molecular weight is 399 g/mol. The van der Waals surface area contributed by atoms with Crippen molar-refractivity contribution < 1.29 is 0 Å². The van der Waals surface area contributed by atoms with E-state index in [9.17, 15) is 0 Å². The Morgan fingerprint density at radius 3 is 1.68 bits per heavy atom. The molecule has 4 aromatic carbocycles. The van der Waals surface area contributed by atoms with Crippen molar-refractivity contribution in [3.63, 3.8) is 0 Å². The van der Waals surface area contributed by atoms with Gasteiger partial charge in [0.15, 0.2) is 0 Å². The van der Waals surface area contributed by atoms with E-state index in [1.807, 2.05) is 30.3 Å². The minimum Gasteiger partial charge on any atom is -0.0894 e. The van der Waals surface area contributed by atoms with Crippen LogP contribution in [0.5, 0.6) is 0 Å². The van der Waals surface area contributed by atoms with Crippen LogP contribution in [0.15, 0.2) is 125 Å². The van der Waals surface area contributed by atoms with Crippen molar-refractivity contribution in [2.75, 3.05) is 0 Å². The molecule has 0 aliphatic carbocycles. The fraction of sp³-hybridized carbons (Fsp3) is 0. The van der Waals surface area contributed by atoms with Crippen molar-refractivity contribution in [1.29, 1.82) is 0 Å². The number of benzene rings is 4. The summed E-state index contributed by atoms with van der Waals surface area (Å²) in [7, 11) is 0. The molecule has 0 amide bonds. The molecule has 0 aromatic heterocycles. The second-order valence-electron chi connectivity index (χ2n) is 6.33. The molecule has 0 atom stereocenters. The monoisotopic (exact) mass is 398 g/mol. The zero-order chi connectivity index (χ0) is 19.2. The molecule has 2 heteroatoms. The van der Waals surface area contributed by atoms with Crippen LogP contribution in [0.4, 0.5) is 0 Å². The molecule has 0 radical (unpaired) electrons. The zero-order valence-electron chi connectivity index (χ0n) is 15.3. The van der Waals surface area contributed by atoms with Gasteiger partial charge < -0.3 is 0 Å². The van der Waals surface area contributed by atoms with Crippen LogP contribution in [0.3, 0.4) is 0 Å². The third kappa shape index (κ3) is 4.22. The van der Waals surface area contributed by atoms with Crippen molar-refractivity contribution in [3.8, 4) is 0 Å². The van der Waals surface area contributed by atoms with Crippen LogP contribution in [0.1, 0.15) is 16.7 Å². The van der Waals surface area contributed by atoms with Gasteiger partial charge in [0.2, 0.25) is 0 Å². The van der Waals surface area contributed by atoms with E-state index < -0.39 is 0 Å². The van der Waals surface area contributed by atoms with Gasteiger partial charge in [-0.25, -0.2) is 0 Å². The minimum absolute atomic E-state index is 0.757. The van der Waals surface area contributed by atoms with Crippen LogP contribution < -0.4 is 0 Å². The highest BCUT2D eigenvalue weighted by molar-refractivity contribution is 7.99. The van der Waals surface area contributed by atoms with Crippen molar-refractivity contribution in [3.05, 3.63) is 132 Å². The van der Waals surface area contributed by atoms with E-state index in [0.717, 1.165) is 27.3 Å². The summed E-state index contributed by atoms with van der Waals surface area (Å²) in [5, 5.41) is 0.757. The lowest BCUT2D eigenvalue weighted by Gasteiger charge is -2.16. The van der Waals surface area contributed by atoms with Gasteiger partial charge in [0.05, 0.1) is 5.03 Å². The fourth-order valence-corrected chi connectivity index (χ4v) is 4.42. The zero-order valence-corrected chi connectivity index (χ0v) is 16.8. The van der Waals surface area contributed by atoms with Gasteiger partial charge >= 0.3 is 0 Å². The molecule has 0 heterocycles. The molecule has 0 aliphatic heterocycles. The molecule has 0 bridgehead atoms. The van der Waals surface area contributed by atoms with Gasteiger partial charge in [0.1, 0.15) is 0 Å². The second-order valence-corrected chi connectivity index (χ2v) is 7.83. The molecule has 0 N–H and O–H groups in total. The van der Waals surface area contributed by atoms with E-state index in [1.165, 1.54) is 9.79 Å². The minimum atomic E-state index is 0.757. The summed E-state index contributed by atoms with van der Waals surface area (Å²) in [6, 6.07) is 39.4. The Bertz CT molecular complexity index is 1070. The standard InChI is InChI=1S/C26H19ClS/c27-26(21-14-6-2-7-15-21)25(20-12-4-1-5-13-20)23-18-10-11-19-24(23)28-22-16-8-3-9-17-22/h1-19H/b26-25-. The molecule has 4 rings (SSSR count).